The molecule has 3 aliphatic heterocycles. The zero-order valence-electron chi connectivity index (χ0n) is 12.6. The van der Waals surface area contributed by atoms with Gasteiger partial charge in [-0.25, -0.2) is 0 Å². The summed E-state index contributed by atoms with van der Waals surface area (Å²) in [6, 6.07) is 1.68. The fourth-order valence-electron chi connectivity index (χ4n) is 4.41. The summed E-state index contributed by atoms with van der Waals surface area (Å²) >= 11 is 0. The van der Waals surface area contributed by atoms with Crippen molar-refractivity contribution in [2.45, 2.75) is 75.9 Å². The molecule has 0 aromatic heterocycles. The summed E-state index contributed by atoms with van der Waals surface area (Å²) in [6.45, 7) is 2.92. The van der Waals surface area contributed by atoms with Gasteiger partial charge < -0.3 is 10.6 Å². The molecule has 2 atom stereocenters. The lowest BCUT2D eigenvalue weighted by Gasteiger charge is -2.48. The molecular weight excluding hydrogens is 250 g/mol. The Kier molecular flexibility index (Phi) is 4.61. The second-order valence-corrected chi connectivity index (χ2v) is 6.90. The average Bonchev–Trinajstić information content (AvgIpc) is 2.45. The number of likely N-dealkylation sites (tertiary alicyclic amines) is 1. The molecule has 3 aliphatic rings. The van der Waals surface area contributed by atoms with Crippen molar-refractivity contribution in [3.05, 3.63) is 0 Å². The maximum Gasteiger partial charge on any atom is 0.223 e. The molecule has 4 nitrogen and oxygen atoms in total. The summed E-state index contributed by atoms with van der Waals surface area (Å²) < 4.78 is 0. The fourth-order valence-corrected chi connectivity index (χ4v) is 4.41. The first-order valence-electron chi connectivity index (χ1n) is 8.53. The summed E-state index contributed by atoms with van der Waals surface area (Å²) in [7, 11) is 0. The van der Waals surface area contributed by atoms with Gasteiger partial charge in [0.1, 0.15) is 0 Å². The average molecular weight is 279 g/mol. The van der Waals surface area contributed by atoms with Gasteiger partial charge in [0, 0.05) is 44.2 Å². The third-order valence-corrected chi connectivity index (χ3v) is 5.46. The number of carbonyl (C=O) groups is 1. The van der Waals surface area contributed by atoms with E-state index in [-0.39, 0.29) is 0 Å². The van der Waals surface area contributed by atoms with Crippen molar-refractivity contribution in [3.63, 3.8) is 0 Å². The molecule has 3 heterocycles. The van der Waals surface area contributed by atoms with Gasteiger partial charge >= 0.3 is 0 Å². The number of fused-ring (bicyclic) bond motifs is 2. The van der Waals surface area contributed by atoms with Gasteiger partial charge in [-0.3, -0.25) is 9.69 Å². The first kappa shape index (κ1) is 14.3. The Bertz CT molecular complexity index is 327. The van der Waals surface area contributed by atoms with Gasteiger partial charge in [0.25, 0.3) is 0 Å². The zero-order chi connectivity index (χ0) is 13.9. The molecule has 2 N–H and O–H groups in total. The molecule has 4 heteroatoms. The van der Waals surface area contributed by atoms with Gasteiger partial charge in [-0.15, -0.1) is 0 Å². The van der Waals surface area contributed by atoms with Gasteiger partial charge in [-0.2, -0.15) is 0 Å². The van der Waals surface area contributed by atoms with E-state index in [1.54, 1.807) is 0 Å². The Morgan fingerprint density at radius 3 is 2.30 bits per heavy atom. The number of hydrogen-bond donors (Lipinski definition) is 1. The van der Waals surface area contributed by atoms with Crippen LogP contribution in [0.1, 0.15) is 57.8 Å². The fraction of sp³-hybridized carbons (Fsp3) is 0.938. The minimum Gasteiger partial charge on any atom is -0.343 e. The van der Waals surface area contributed by atoms with E-state index in [1.165, 1.54) is 38.5 Å². The van der Waals surface area contributed by atoms with E-state index in [1.807, 2.05) is 0 Å². The van der Waals surface area contributed by atoms with Crippen molar-refractivity contribution in [2.24, 2.45) is 5.73 Å². The Hall–Kier alpha value is -0.610. The van der Waals surface area contributed by atoms with Gasteiger partial charge in [-0.1, -0.05) is 6.42 Å². The number of carbonyl (C=O) groups excluding carboxylic acids is 1. The molecule has 2 bridgehead atoms. The van der Waals surface area contributed by atoms with Crippen LogP contribution in [-0.2, 0) is 4.79 Å². The van der Waals surface area contributed by atoms with Crippen LogP contribution in [0.4, 0.5) is 0 Å². The number of nitrogens with two attached hydrogens (primary N) is 1. The highest BCUT2D eigenvalue weighted by Gasteiger charge is 2.37. The molecule has 2 unspecified atom stereocenters. The normalized spacial score (nSPS) is 35.0. The summed E-state index contributed by atoms with van der Waals surface area (Å²) in [5.41, 5.74) is 6.16. The van der Waals surface area contributed by atoms with E-state index in [4.69, 9.17) is 5.73 Å². The van der Waals surface area contributed by atoms with E-state index >= 15 is 0 Å². The Balaban J connectivity index is 1.51. The van der Waals surface area contributed by atoms with Crippen LogP contribution in [0, 0.1) is 0 Å². The van der Waals surface area contributed by atoms with Gasteiger partial charge in [0.05, 0.1) is 0 Å². The smallest absolute Gasteiger partial charge is 0.223 e. The largest absolute Gasteiger partial charge is 0.343 e. The van der Waals surface area contributed by atoms with Crippen LogP contribution in [0.15, 0.2) is 0 Å². The third kappa shape index (κ3) is 3.17. The zero-order valence-corrected chi connectivity index (χ0v) is 12.6. The van der Waals surface area contributed by atoms with Gasteiger partial charge in [0.15, 0.2) is 0 Å². The maximum absolute atomic E-state index is 12.3. The molecular formula is C16H29N3O. The molecule has 114 valence electrons. The third-order valence-electron chi connectivity index (χ3n) is 5.46. The summed E-state index contributed by atoms with van der Waals surface area (Å²) in [5.74, 6) is 0.373. The van der Waals surface area contributed by atoms with E-state index < -0.39 is 0 Å². The number of piperidine rings is 3. The minimum absolute atomic E-state index is 0.373. The molecule has 0 spiro atoms. The minimum atomic E-state index is 0.373. The van der Waals surface area contributed by atoms with Crippen molar-refractivity contribution in [3.8, 4) is 0 Å². The number of amides is 1. The highest BCUT2D eigenvalue weighted by atomic mass is 16.2. The van der Waals surface area contributed by atoms with E-state index in [0.29, 0.717) is 30.5 Å². The van der Waals surface area contributed by atoms with Crippen LogP contribution in [0.3, 0.4) is 0 Å². The molecule has 0 aliphatic carbocycles. The molecule has 20 heavy (non-hydrogen) atoms. The molecule has 3 fully saturated rings. The topological polar surface area (TPSA) is 49.6 Å². The predicted molar refractivity (Wildman–Crippen MR) is 80.4 cm³/mol. The monoisotopic (exact) mass is 279 g/mol. The van der Waals surface area contributed by atoms with E-state index in [9.17, 15) is 4.79 Å². The summed E-state index contributed by atoms with van der Waals surface area (Å²) in [4.78, 5) is 17.0. The SMILES string of the molecule is NC1CC2CCCC(C1)N2CCC(=O)N1CCCCC1. The van der Waals surface area contributed by atoms with Crippen LogP contribution in [0.5, 0.6) is 0 Å². The van der Waals surface area contributed by atoms with Crippen LogP contribution in [0.2, 0.25) is 0 Å². The second-order valence-electron chi connectivity index (χ2n) is 6.90. The van der Waals surface area contributed by atoms with Crippen LogP contribution in [-0.4, -0.2) is 53.5 Å². The quantitative estimate of drug-likeness (QED) is 0.856. The lowest BCUT2D eigenvalue weighted by atomic mass is 9.82. The lowest BCUT2D eigenvalue weighted by Crippen LogP contribution is -2.55. The standard InChI is InChI=1S/C16H29N3O/c17-13-11-14-5-4-6-15(12-13)19(14)10-7-16(20)18-8-2-1-3-9-18/h13-15H,1-12,17H2. The molecule has 0 aromatic carbocycles. The van der Waals surface area contributed by atoms with Crippen molar-refractivity contribution in [2.75, 3.05) is 19.6 Å². The predicted octanol–water partition coefficient (Wildman–Crippen LogP) is 1.73. The van der Waals surface area contributed by atoms with Crippen LogP contribution >= 0.6 is 0 Å². The Labute approximate surface area is 122 Å². The highest BCUT2D eigenvalue weighted by Crippen LogP contribution is 2.33. The van der Waals surface area contributed by atoms with Gasteiger partial charge in [-0.05, 0) is 44.9 Å². The van der Waals surface area contributed by atoms with Gasteiger partial charge in [0.2, 0.25) is 5.91 Å². The number of nitrogens with zero attached hydrogens (tertiary/aromatic N) is 2. The summed E-state index contributed by atoms with van der Waals surface area (Å²) in [5, 5.41) is 0. The van der Waals surface area contributed by atoms with Crippen molar-refractivity contribution in [1.82, 2.24) is 9.80 Å². The van der Waals surface area contributed by atoms with Crippen LogP contribution < -0.4 is 5.73 Å². The van der Waals surface area contributed by atoms with Crippen molar-refractivity contribution in [1.29, 1.82) is 0 Å². The lowest BCUT2D eigenvalue weighted by molar-refractivity contribution is -0.133. The van der Waals surface area contributed by atoms with E-state index in [0.717, 1.165) is 32.5 Å². The molecule has 0 saturated carbocycles. The molecule has 3 rings (SSSR count). The van der Waals surface area contributed by atoms with Crippen molar-refractivity contribution < 1.29 is 4.79 Å². The number of hydrogen-bond acceptors (Lipinski definition) is 3. The Morgan fingerprint density at radius 2 is 1.65 bits per heavy atom. The first-order chi connectivity index (χ1) is 9.74. The molecule has 1 amide bonds. The highest BCUT2D eigenvalue weighted by molar-refractivity contribution is 5.76. The Morgan fingerprint density at radius 1 is 1.00 bits per heavy atom. The summed E-state index contributed by atoms with van der Waals surface area (Å²) in [6.07, 6.45) is 10.6. The number of rotatable bonds is 3. The maximum atomic E-state index is 12.3. The first-order valence-corrected chi connectivity index (χ1v) is 8.53. The molecule has 0 aromatic rings. The van der Waals surface area contributed by atoms with Crippen LogP contribution in [0.25, 0.3) is 0 Å². The molecule has 0 radical (unpaired) electrons. The molecule has 3 saturated heterocycles. The second kappa shape index (κ2) is 6.44. The van der Waals surface area contributed by atoms with Crippen molar-refractivity contribution >= 4 is 5.91 Å². The van der Waals surface area contributed by atoms with E-state index in [2.05, 4.69) is 9.80 Å².